The maximum absolute atomic E-state index is 12.5. The van der Waals surface area contributed by atoms with Crippen molar-refractivity contribution in [2.45, 2.75) is 59.9 Å². The molecule has 0 aromatic heterocycles. The van der Waals surface area contributed by atoms with Gasteiger partial charge in [-0.25, -0.2) is 0 Å². The van der Waals surface area contributed by atoms with Crippen molar-refractivity contribution < 1.29 is 28.6 Å². The lowest BCUT2D eigenvalue weighted by molar-refractivity contribution is -0.142. The summed E-state index contributed by atoms with van der Waals surface area (Å²) in [5.41, 5.74) is 1.66. The van der Waals surface area contributed by atoms with E-state index in [0.717, 1.165) is 24.0 Å². The first-order valence-corrected chi connectivity index (χ1v) is 12.8. The highest BCUT2D eigenvalue weighted by Gasteiger charge is 2.28. The second-order valence-corrected chi connectivity index (χ2v) is 10.3. The van der Waals surface area contributed by atoms with Crippen LogP contribution in [0.5, 0.6) is 17.2 Å². The minimum Gasteiger partial charge on any atom is -0.493 e. The van der Waals surface area contributed by atoms with E-state index in [2.05, 4.69) is 10.6 Å². The molecule has 2 N–H and O–H groups in total. The fourth-order valence-electron chi connectivity index (χ4n) is 3.67. The topological polar surface area (TPSA) is 103 Å². The molecule has 0 heterocycles. The van der Waals surface area contributed by atoms with Crippen molar-refractivity contribution in [3.63, 3.8) is 0 Å². The first-order chi connectivity index (χ1) is 17.6. The maximum Gasteiger partial charge on any atom is 0.310 e. The van der Waals surface area contributed by atoms with Crippen molar-refractivity contribution in [2.75, 3.05) is 25.6 Å². The molecule has 0 radical (unpaired) electrons. The van der Waals surface area contributed by atoms with Crippen LogP contribution in [0.1, 0.15) is 58.1 Å². The molecular weight excluding hydrogens is 472 g/mol. The highest BCUT2D eigenvalue weighted by atomic mass is 16.5. The average molecular weight is 511 g/mol. The SMILES string of the molecule is CCOC(=O)Cc1ccc(OC)c(Oc2ccc(NC(=O)C(C)(C)C)cc2CNCCC(=O)C2CC2)c1. The molecule has 8 nitrogen and oxygen atoms in total. The Labute approximate surface area is 219 Å². The Morgan fingerprint density at radius 1 is 1.00 bits per heavy atom. The second kappa shape index (κ2) is 12.7. The molecule has 2 aromatic carbocycles. The van der Waals surface area contributed by atoms with Gasteiger partial charge in [-0.2, -0.15) is 0 Å². The number of hydrogen-bond donors (Lipinski definition) is 2. The van der Waals surface area contributed by atoms with Crippen LogP contribution in [-0.2, 0) is 32.1 Å². The predicted molar refractivity (Wildman–Crippen MR) is 142 cm³/mol. The normalized spacial score (nSPS) is 13.1. The molecule has 0 unspecified atom stereocenters. The minimum atomic E-state index is -0.538. The smallest absolute Gasteiger partial charge is 0.310 e. The summed E-state index contributed by atoms with van der Waals surface area (Å²) in [5, 5.41) is 6.28. The van der Waals surface area contributed by atoms with Gasteiger partial charge in [-0.05, 0) is 55.7 Å². The van der Waals surface area contributed by atoms with E-state index in [1.165, 1.54) is 0 Å². The van der Waals surface area contributed by atoms with E-state index in [1.54, 1.807) is 44.4 Å². The number of Topliss-reactive ketones (excluding diaryl/α,β-unsaturated/α-hetero) is 1. The van der Waals surface area contributed by atoms with Crippen LogP contribution in [0.25, 0.3) is 0 Å². The molecule has 1 amide bonds. The number of hydrogen-bond acceptors (Lipinski definition) is 7. The Balaban J connectivity index is 1.81. The summed E-state index contributed by atoms with van der Waals surface area (Å²) in [5.74, 6) is 1.69. The Bertz CT molecular complexity index is 1120. The largest absolute Gasteiger partial charge is 0.493 e. The van der Waals surface area contributed by atoms with Gasteiger partial charge in [0.2, 0.25) is 5.91 Å². The Kier molecular flexibility index (Phi) is 9.69. The van der Waals surface area contributed by atoms with Crippen LogP contribution < -0.4 is 20.1 Å². The monoisotopic (exact) mass is 510 g/mol. The number of carbonyl (C=O) groups excluding carboxylic acids is 3. The standard InChI is InChI=1S/C29H38N2O6/c1-6-36-27(33)16-19-7-11-25(35-5)26(15-19)37-24-12-10-22(31-28(34)29(2,3)4)17-21(24)18-30-14-13-23(32)20-8-9-20/h7,10-12,15,17,20,30H,6,8-9,13-14,16,18H2,1-5H3,(H,31,34). The summed E-state index contributed by atoms with van der Waals surface area (Å²) in [6, 6.07) is 10.8. The highest BCUT2D eigenvalue weighted by Crippen LogP contribution is 2.35. The van der Waals surface area contributed by atoms with Crippen molar-refractivity contribution in [3.8, 4) is 17.2 Å². The van der Waals surface area contributed by atoms with Crippen molar-refractivity contribution in [1.29, 1.82) is 0 Å². The zero-order chi connectivity index (χ0) is 27.0. The fourth-order valence-corrected chi connectivity index (χ4v) is 3.67. The molecule has 2 aromatic rings. The molecule has 0 spiro atoms. The molecule has 37 heavy (non-hydrogen) atoms. The fraction of sp³-hybridized carbons (Fsp3) is 0.483. The van der Waals surface area contributed by atoms with E-state index in [1.807, 2.05) is 26.8 Å². The summed E-state index contributed by atoms with van der Waals surface area (Å²) < 4.78 is 16.8. The van der Waals surface area contributed by atoms with Crippen LogP contribution >= 0.6 is 0 Å². The Morgan fingerprint density at radius 2 is 1.73 bits per heavy atom. The lowest BCUT2D eigenvalue weighted by atomic mass is 9.95. The molecule has 3 rings (SSSR count). The van der Waals surface area contributed by atoms with Crippen molar-refractivity contribution in [2.24, 2.45) is 11.3 Å². The van der Waals surface area contributed by atoms with Gasteiger partial charge in [-0.1, -0.05) is 26.8 Å². The quantitative estimate of drug-likeness (QED) is 0.288. The van der Waals surface area contributed by atoms with Crippen LogP contribution in [0.15, 0.2) is 36.4 Å². The third kappa shape index (κ3) is 8.60. The molecular formula is C29H38N2O6. The zero-order valence-corrected chi connectivity index (χ0v) is 22.4. The zero-order valence-electron chi connectivity index (χ0n) is 22.4. The molecule has 0 saturated heterocycles. The number of ether oxygens (including phenoxy) is 3. The minimum absolute atomic E-state index is 0.0940. The first kappa shape index (κ1) is 28.2. The lowest BCUT2D eigenvalue weighted by Crippen LogP contribution is -2.27. The van der Waals surface area contributed by atoms with Gasteiger partial charge >= 0.3 is 5.97 Å². The molecule has 8 heteroatoms. The van der Waals surface area contributed by atoms with E-state index in [-0.39, 0.29) is 24.2 Å². The predicted octanol–water partition coefficient (Wildman–Crippen LogP) is 5.04. The molecule has 1 fully saturated rings. The lowest BCUT2D eigenvalue weighted by Gasteiger charge is -2.19. The van der Waals surface area contributed by atoms with Crippen LogP contribution in [0.2, 0.25) is 0 Å². The molecule has 0 atom stereocenters. The summed E-state index contributed by atoms with van der Waals surface area (Å²) >= 11 is 0. The molecule has 1 saturated carbocycles. The number of esters is 1. The molecule has 200 valence electrons. The molecule has 0 bridgehead atoms. The number of benzene rings is 2. The Morgan fingerprint density at radius 3 is 2.38 bits per heavy atom. The van der Waals surface area contributed by atoms with Crippen LogP contribution in [-0.4, -0.2) is 37.9 Å². The molecule has 1 aliphatic rings. The van der Waals surface area contributed by atoms with Crippen LogP contribution in [0, 0.1) is 11.3 Å². The molecule has 1 aliphatic carbocycles. The van der Waals surface area contributed by atoms with Gasteiger partial charge in [0.25, 0.3) is 0 Å². The van der Waals surface area contributed by atoms with Crippen LogP contribution in [0.3, 0.4) is 0 Å². The van der Waals surface area contributed by atoms with Crippen molar-refractivity contribution in [1.82, 2.24) is 5.32 Å². The van der Waals surface area contributed by atoms with Crippen LogP contribution in [0.4, 0.5) is 5.69 Å². The number of carbonyl (C=O) groups is 3. The first-order valence-electron chi connectivity index (χ1n) is 12.8. The summed E-state index contributed by atoms with van der Waals surface area (Å²) in [6.07, 6.45) is 2.62. The average Bonchev–Trinajstić information content (AvgIpc) is 3.68. The van der Waals surface area contributed by atoms with Gasteiger partial charge in [0.05, 0.1) is 20.1 Å². The highest BCUT2D eigenvalue weighted by molar-refractivity contribution is 5.94. The summed E-state index contributed by atoms with van der Waals surface area (Å²) in [4.78, 5) is 36.6. The van der Waals surface area contributed by atoms with E-state index in [0.29, 0.717) is 54.8 Å². The number of amides is 1. The van der Waals surface area contributed by atoms with Gasteiger partial charge in [0, 0.05) is 42.1 Å². The third-order valence-corrected chi connectivity index (χ3v) is 6.00. The third-order valence-electron chi connectivity index (χ3n) is 6.00. The van der Waals surface area contributed by atoms with Crippen molar-refractivity contribution in [3.05, 3.63) is 47.5 Å². The number of methoxy groups -OCH3 is 1. The van der Waals surface area contributed by atoms with E-state index < -0.39 is 5.41 Å². The second-order valence-electron chi connectivity index (χ2n) is 10.3. The van der Waals surface area contributed by atoms with Crippen molar-refractivity contribution >= 4 is 23.3 Å². The number of rotatable bonds is 13. The number of nitrogens with one attached hydrogen (secondary N) is 2. The van der Waals surface area contributed by atoms with Gasteiger partial charge < -0.3 is 24.8 Å². The number of anilines is 1. The molecule has 0 aliphatic heterocycles. The summed E-state index contributed by atoms with van der Waals surface area (Å²) in [6.45, 7) is 8.66. The Hall–Kier alpha value is -3.39. The van der Waals surface area contributed by atoms with Gasteiger partial charge in [0.1, 0.15) is 11.5 Å². The number of ketones is 1. The maximum atomic E-state index is 12.5. The van der Waals surface area contributed by atoms with Gasteiger partial charge in [-0.3, -0.25) is 14.4 Å². The van der Waals surface area contributed by atoms with E-state index in [9.17, 15) is 14.4 Å². The van der Waals surface area contributed by atoms with Gasteiger partial charge in [-0.15, -0.1) is 0 Å². The van der Waals surface area contributed by atoms with E-state index >= 15 is 0 Å². The summed E-state index contributed by atoms with van der Waals surface area (Å²) in [7, 11) is 1.55. The van der Waals surface area contributed by atoms with E-state index in [4.69, 9.17) is 14.2 Å². The van der Waals surface area contributed by atoms with Gasteiger partial charge in [0.15, 0.2) is 11.5 Å².